The van der Waals surface area contributed by atoms with Crippen LogP contribution in [-0.2, 0) is 0 Å². The van der Waals surface area contributed by atoms with E-state index in [1.807, 2.05) is 42.5 Å². The Balaban J connectivity index is 1.99. The van der Waals surface area contributed by atoms with Gasteiger partial charge in [0, 0.05) is 20.7 Å². The van der Waals surface area contributed by atoms with Gasteiger partial charge in [0.05, 0.1) is 12.6 Å². The Labute approximate surface area is 140 Å². The van der Waals surface area contributed by atoms with E-state index in [0.717, 1.165) is 21.4 Å². The molecule has 0 bridgehead atoms. The second-order valence-corrected chi connectivity index (χ2v) is 6.55. The number of halogens is 1. The molecule has 114 valence electrons. The van der Waals surface area contributed by atoms with E-state index >= 15 is 0 Å². The van der Waals surface area contributed by atoms with Crippen molar-refractivity contribution >= 4 is 43.2 Å². The topological polar surface area (TPSA) is 55.0 Å². The average Bonchev–Trinajstić information content (AvgIpc) is 2.93. The van der Waals surface area contributed by atoms with Crippen LogP contribution in [0.1, 0.15) is 0 Å². The average molecular weight is 343 g/mol. The van der Waals surface area contributed by atoms with Gasteiger partial charge in [0.25, 0.3) is 5.56 Å². The van der Waals surface area contributed by atoms with Crippen LogP contribution in [0.2, 0.25) is 5.02 Å². The van der Waals surface area contributed by atoms with Gasteiger partial charge in [-0.1, -0.05) is 11.6 Å². The molecule has 2 aromatic heterocycles. The van der Waals surface area contributed by atoms with Gasteiger partial charge in [-0.2, -0.15) is 0 Å². The van der Waals surface area contributed by atoms with Crippen molar-refractivity contribution in [1.82, 2.24) is 9.97 Å². The van der Waals surface area contributed by atoms with Gasteiger partial charge in [0.15, 0.2) is 0 Å². The number of nitrogens with zero attached hydrogens (tertiary/aromatic N) is 1. The molecular formula is C17H11ClN2O2S. The van der Waals surface area contributed by atoms with Crippen LogP contribution in [0, 0.1) is 0 Å². The lowest BCUT2D eigenvalue weighted by molar-refractivity contribution is 0.415. The van der Waals surface area contributed by atoms with E-state index in [2.05, 4.69) is 9.97 Å². The zero-order valence-electron chi connectivity index (χ0n) is 12.1. The molecule has 4 rings (SSSR count). The van der Waals surface area contributed by atoms with Gasteiger partial charge >= 0.3 is 0 Å². The predicted molar refractivity (Wildman–Crippen MR) is 94.7 cm³/mol. The van der Waals surface area contributed by atoms with E-state index in [1.54, 1.807) is 7.11 Å². The van der Waals surface area contributed by atoms with Gasteiger partial charge in [-0.05, 0) is 42.5 Å². The first-order chi connectivity index (χ1) is 11.2. The van der Waals surface area contributed by atoms with Gasteiger partial charge in [0.1, 0.15) is 16.3 Å². The summed E-state index contributed by atoms with van der Waals surface area (Å²) in [7, 11) is 1.61. The number of H-pyrrole nitrogens is 1. The van der Waals surface area contributed by atoms with E-state index in [1.165, 1.54) is 11.3 Å². The lowest BCUT2D eigenvalue weighted by Gasteiger charge is -2.03. The summed E-state index contributed by atoms with van der Waals surface area (Å²) in [6.07, 6.45) is 0. The third kappa shape index (κ3) is 2.38. The van der Waals surface area contributed by atoms with E-state index in [0.29, 0.717) is 21.1 Å². The molecule has 0 saturated carbocycles. The van der Waals surface area contributed by atoms with Gasteiger partial charge in [-0.3, -0.25) is 4.79 Å². The second kappa shape index (κ2) is 5.37. The van der Waals surface area contributed by atoms with Crippen LogP contribution in [0.15, 0.2) is 47.3 Å². The van der Waals surface area contributed by atoms with Crippen molar-refractivity contribution in [3.63, 3.8) is 0 Å². The van der Waals surface area contributed by atoms with E-state index in [-0.39, 0.29) is 5.56 Å². The molecule has 0 aliphatic carbocycles. The lowest BCUT2D eigenvalue weighted by atomic mass is 10.2. The Bertz CT molecular complexity index is 1080. The molecule has 0 radical (unpaired) electrons. The maximum atomic E-state index is 12.4. The number of hydrogen-bond acceptors (Lipinski definition) is 4. The highest BCUT2D eigenvalue weighted by atomic mass is 35.5. The molecule has 2 aromatic carbocycles. The monoisotopic (exact) mass is 342 g/mol. The molecule has 0 saturated heterocycles. The molecule has 6 heteroatoms. The zero-order valence-corrected chi connectivity index (χ0v) is 13.7. The molecule has 0 aliphatic heterocycles. The summed E-state index contributed by atoms with van der Waals surface area (Å²) >= 11 is 7.51. The van der Waals surface area contributed by atoms with Crippen molar-refractivity contribution in [2.45, 2.75) is 0 Å². The van der Waals surface area contributed by atoms with Crippen LogP contribution in [0.4, 0.5) is 0 Å². The molecule has 0 amide bonds. The normalized spacial score (nSPS) is 11.2. The Morgan fingerprint density at radius 3 is 2.70 bits per heavy atom. The van der Waals surface area contributed by atoms with E-state index in [4.69, 9.17) is 16.3 Å². The molecule has 0 atom stereocenters. The highest BCUT2D eigenvalue weighted by Crippen LogP contribution is 2.33. The van der Waals surface area contributed by atoms with Crippen molar-refractivity contribution in [3.05, 3.63) is 57.8 Å². The molecule has 0 spiro atoms. The summed E-state index contributed by atoms with van der Waals surface area (Å²) in [5.74, 6) is 1.29. The molecule has 2 heterocycles. The van der Waals surface area contributed by atoms with Crippen molar-refractivity contribution in [2.75, 3.05) is 7.11 Å². The van der Waals surface area contributed by atoms with Gasteiger partial charge in [-0.15, -0.1) is 11.3 Å². The van der Waals surface area contributed by atoms with E-state index in [9.17, 15) is 4.79 Å². The van der Waals surface area contributed by atoms with Crippen LogP contribution in [0.3, 0.4) is 0 Å². The van der Waals surface area contributed by atoms with Crippen LogP contribution in [-0.4, -0.2) is 17.1 Å². The van der Waals surface area contributed by atoms with Crippen molar-refractivity contribution < 1.29 is 4.74 Å². The van der Waals surface area contributed by atoms with Crippen molar-refractivity contribution in [2.24, 2.45) is 0 Å². The third-order valence-corrected chi connectivity index (χ3v) is 5.04. The number of thiophene rings is 1. The van der Waals surface area contributed by atoms with Crippen LogP contribution in [0.25, 0.3) is 31.7 Å². The number of methoxy groups -OCH3 is 1. The number of ether oxygens (including phenoxy) is 1. The SMILES string of the molecule is COc1ccc(-c2nc3c(sc4ccc(Cl)cc43)c(=O)[nH]2)cc1. The first kappa shape index (κ1) is 14.2. The fourth-order valence-corrected chi connectivity index (χ4v) is 3.70. The molecule has 1 N–H and O–H groups in total. The van der Waals surface area contributed by atoms with Gasteiger partial charge < -0.3 is 9.72 Å². The highest BCUT2D eigenvalue weighted by molar-refractivity contribution is 7.25. The Morgan fingerprint density at radius 2 is 1.96 bits per heavy atom. The van der Waals surface area contributed by atoms with Crippen molar-refractivity contribution in [1.29, 1.82) is 0 Å². The molecule has 23 heavy (non-hydrogen) atoms. The maximum Gasteiger partial charge on any atom is 0.269 e. The summed E-state index contributed by atoms with van der Waals surface area (Å²) < 4.78 is 6.76. The summed E-state index contributed by atoms with van der Waals surface area (Å²) in [5.41, 5.74) is 1.37. The maximum absolute atomic E-state index is 12.4. The van der Waals surface area contributed by atoms with Crippen LogP contribution < -0.4 is 10.3 Å². The van der Waals surface area contributed by atoms with Gasteiger partial charge in [0.2, 0.25) is 0 Å². The molecule has 4 aromatic rings. The molecule has 0 unspecified atom stereocenters. The number of aromatic nitrogens is 2. The minimum Gasteiger partial charge on any atom is -0.497 e. The first-order valence-electron chi connectivity index (χ1n) is 6.92. The summed E-state index contributed by atoms with van der Waals surface area (Å²) in [4.78, 5) is 19.9. The first-order valence-corrected chi connectivity index (χ1v) is 8.11. The Hall–Kier alpha value is -2.37. The highest BCUT2D eigenvalue weighted by Gasteiger charge is 2.12. The lowest BCUT2D eigenvalue weighted by Crippen LogP contribution is -2.07. The predicted octanol–water partition coefficient (Wildman–Crippen LogP) is 4.47. The summed E-state index contributed by atoms with van der Waals surface area (Å²) in [5, 5.41) is 1.53. The Morgan fingerprint density at radius 1 is 1.17 bits per heavy atom. The number of benzene rings is 2. The zero-order chi connectivity index (χ0) is 16.0. The number of hydrogen-bond donors (Lipinski definition) is 1. The molecule has 0 aliphatic rings. The van der Waals surface area contributed by atoms with Gasteiger partial charge in [-0.25, -0.2) is 4.98 Å². The fraction of sp³-hybridized carbons (Fsp3) is 0.0588. The summed E-state index contributed by atoms with van der Waals surface area (Å²) in [6.45, 7) is 0. The largest absolute Gasteiger partial charge is 0.497 e. The van der Waals surface area contributed by atoms with Crippen LogP contribution in [0.5, 0.6) is 5.75 Å². The standard InChI is InChI=1S/C17H11ClN2O2S/c1-22-11-5-2-9(3-6-11)16-19-14-12-8-10(18)4-7-13(12)23-15(14)17(21)20-16/h2-8H,1H3,(H,19,20,21). The molecule has 4 nitrogen and oxygen atoms in total. The summed E-state index contributed by atoms with van der Waals surface area (Å²) in [6, 6.07) is 13.0. The third-order valence-electron chi connectivity index (χ3n) is 3.65. The number of nitrogens with one attached hydrogen (secondary N) is 1. The molecular weight excluding hydrogens is 332 g/mol. The Kier molecular flexibility index (Phi) is 3.32. The van der Waals surface area contributed by atoms with Crippen LogP contribution >= 0.6 is 22.9 Å². The van der Waals surface area contributed by atoms with E-state index < -0.39 is 0 Å². The number of rotatable bonds is 2. The minimum absolute atomic E-state index is 0.141. The quantitative estimate of drug-likeness (QED) is 0.585. The smallest absolute Gasteiger partial charge is 0.269 e. The minimum atomic E-state index is -0.141. The van der Waals surface area contributed by atoms with Crippen molar-refractivity contribution in [3.8, 4) is 17.1 Å². The fourth-order valence-electron chi connectivity index (χ4n) is 2.51. The molecule has 0 fully saturated rings. The number of aromatic amines is 1. The second-order valence-electron chi connectivity index (χ2n) is 5.06. The number of fused-ring (bicyclic) bond motifs is 3.